The van der Waals surface area contributed by atoms with Crippen molar-refractivity contribution in [2.75, 3.05) is 6.61 Å². The second kappa shape index (κ2) is 4.13. The number of carbonyl (C=O) groups is 1. The first-order chi connectivity index (χ1) is 6.86. The summed E-state index contributed by atoms with van der Waals surface area (Å²) in [7, 11) is 0. The number of ether oxygens (including phenoxy) is 2. The lowest BCUT2D eigenvalue weighted by molar-refractivity contribution is -0.138. The molecule has 3 nitrogen and oxygen atoms in total. The van der Waals surface area contributed by atoms with E-state index in [0.29, 0.717) is 6.61 Å². The predicted molar refractivity (Wildman–Crippen MR) is 51.4 cm³/mol. The Balaban J connectivity index is 2.09. The molecule has 1 unspecified atom stereocenters. The molecule has 0 saturated heterocycles. The Morgan fingerprint density at radius 1 is 1.36 bits per heavy atom. The standard InChI is InChI=1S/C11H12O3/c12-11-4-2-1-3-9-5-7-13-10(9)6-8-14-11/h2-5,7,10H,1,6,8H2/b4-2-,9-3-. The van der Waals surface area contributed by atoms with Gasteiger partial charge in [0.1, 0.15) is 6.10 Å². The number of rotatable bonds is 0. The number of allylic oxidation sites excluding steroid dienone is 2. The summed E-state index contributed by atoms with van der Waals surface area (Å²) in [6, 6.07) is 0. The maximum atomic E-state index is 11.0. The summed E-state index contributed by atoms with van der Waals surface area (Å²) in [5.41, 5.74) is 1.17. The van der Waals surface area contributed by atoms with E-state index in [1.54, 1.807) is 12.3 Å². The van der Waals surface area contributed by atoms with Crippen LogP contribution in [-0.2, 0) is 14.3 Å². The fraction of sp³-hybridized carbons (Fsp3) is 0.364. The Morgan fingerprint density at radius 2 is 2.29 bits per heavy atom. The molecule has 0 amide bonds. The van der Waals surface area contributed by atoms with Crippen LogP contribution in [0.2, 0.25) is 0 Å². The fourth-order valence-electron chi connectivity index (χ4n) is 1.52. The highest BCUT2D eigenvalue weighted by atomic mass is 16.5. The summed E-state index contributed by atoms with van der Waals surface area (Å²) in [6.07, 6.45) is 10.5. The van der Waals surface area contributed by atoms with Crippen molar-refractivity contribution in [2.45, 2.75) is 18.9 Å². The van der Waals surface area contributed by atoms with Gasteiger partial charge in [-0.3, -0.25) is 0 Å². The Bertz CT molecular complexity index is 312. The van der Waals surface area contributed by atoms with Crippen molar-refractivity contribution in [1.29, 1.82) is 0 Å². The normalized spacial score (nSPS) is 32.1. The molecule has 3 heteroatoms. The van der Waals surface area contributed by atoms with Gasteiger partial charge >= 0.3 is 5.97 Å². The summed E-state index contributed by atoms with van der Waals surface area (Å²) in [5.74, 6) is -0.271. The van der Waals surface area contributed by atoms with E-state index in [1.807, 2.05) is 6.08 Å². The average molecular weight is 192 g/mol. The van der Waals surface area contributed by atoms with Crippen molar-refractivity contribution in [3.8, 4) is 0 Å². The van der Waals surface area contributed by atoms with Gasteiger partial charge in [-0.15, -0.1) is 0 Å². The van der Waals surface area contributed by atoms with Gasteiger partial charge in [0.05, 0.1) is 12.9 Å². The highest BCUT2D eigenvalue weighted by Crippen LogP contribution is 2.20. The summed E-state index contributed by atoms with van der Waals surface area (Å²) in [6.45, 7) is 0.410. The minimum Gasteiger partial charge on any atom is -0.493 e. The van der Waals surface area contributed by atoms with Gasteiger partial charge in [0.2, 0.25) is 0 Å². The summed E-state index contributed by atoms with van der Waals surface area (Å²) in [5, 5.41) is 0. The van der Waals surface area contributed by atoms with Crippen molar-refractivity contribution < 1.29 is 14.3 Å². The molecule has 2 aliphatic heterocycles. The van der Waals surface area contributed by atoms with Crippen LogP contribution in [-0.4, -0.2) is 18.7 Å². The minimum absolute atomic E-state index is 0.0642. The Morgan fingerprint density at radius 3 is 3.21 bits per heavy atom. The SMILES string of the molecule is O=C1/C=C\C/C=C2/C=COC2CCO1. The molecule has 0 fully saturated rings. The molecular weight excluding hydrogens is 180 g/mol. The van der Waals surface area contributed by atoms with Crippen LogP contribution < -0.4 is 0 Å². The number of hydrogen-bond donors (Lipinski definition) is 0. The molecule has 1 atom stereocenters. The molecular formula is C11H12O3. The van der Waals surface area contributed by atoms with Crippen LogP contribution in [0.15, 0.2) is 36.1 Å². The number of hydrogen-bond acceptors (Lipinski definition) is 3. The molecule has 14 heavy (non-hydrogen) atoms. The lowest BCUT2D eigenvalue weighted by Gasteiger charge is -2.12. The van der Waals surface area contributed by atoms with Crippen molar-refractivity contribution in [3.05, 3.63) is 36.1 Å². The van der Waals surface area contributed by atoms with Gasteiger partial charge in [0, 0.05) is 12.5 Å². The highest BCUT2D eigenvalue weighted by molar-refractivity contribution is 5.81. The van der Waals surface area contributed by atoms with E-state index in [1.165, 1.54) is 11.6 Å². The first-order valence-corrected chi connectivity index (χ1v) is 4.71. The maximum Gasteiger partial charge on any atom is 0.330 e. The third-order valence-corrected chi connectivity index (χ3v) is 2.24. The second-order valence-electron chi connectivity index (χ2n) is 3.23. The fourth-order valence-corrected chi connectivity index (χ4v) is 1.52. The average Bonchev–Trinajstić information content (AvgIpc) is 2.61. The Hall–Kier alpha value is -1.51. The molecule has 0 N–H and O–H groups in total. The first-order valence-electron chi connectivity index (χ1n) is 4.71. The smallest absolute Gasteiger partial charge is 0.330 e. The maximum absolute atomic E-state index is 11.0. The molecule has 0 radical (unpaired) electrons. The van der Waals surface area contributed by atoms with Crippen LogP contribution in [0.25, 0.3) is 0 Å². The van der Waals surface area contributed by atoms with E-state index in [-0.39, 0.29) is 12.1 Å². The second-order valence-corrected chi connectivity index (χ2v) is 3.23. The van der Waals surface area contributed by atoms with Crippen LogP contribution >= 0.6 is 0 Å². The molecule has 0 bridgehead atoms. The van der Waals surface area contributed by atoms with Gasteiger partial charge in [0.15, 0.2) is 0 Å². The molecule has 2 rings (SSSR count). The highest BCUT2D eigenvalue weighted by Gasteiger charge is 2.17. The van der Waals surface area contributed by atoms with E-state index in [0.717, 1.165) is 12.8 Å². The van der Waals surface area contributed by atoms with Crippen molar-refractivity contribution in [3.63, 3.8) is 0 Å². The van der Waals surface area contributed by atoms with Crippen LogP contribution in [0.3, 0.4) is 0 Å². The van der Waals surface area contributed by atoms with Crippen molar-refractivity contribution >= 4 is 5.97 Å². The van der Waals surface area contributed by atoms with Crippen LogP contribution in [0.5, 0.6) is 0 Å². The summed E-state index contributed by atoms with van der Waals surface area (Å²) < 4.78 is 10.3. The van der Waals surface area contributed by atoms with Crippen molar-refractivity contribution in [2.24, 2.45) is 0 Å². The quantitative estimate of drug-likeness (QED) is 0.548. The molecule has 0 aliphatic carbocycles. The zero-order valence-corrected chi connectivity index (χ0v) is 7.81. The van der Waals surface area contributed by atoms with Gasteiger partial charge in [-0.05, 0) is 18.1 Å². The molecule has 0 aromatic rings. The molecule has 74 valence electrons. The molecule has 0 aromatic heterocycles. The largest absolute Gasteiger partial charge is 0.493 e. The number of esters is 1. The van der Waals surface area contributed by atoms with Crippen molar-refractivity contribution in [1.82, 2.24) is 0 Å². The molecule has 0 spiro atoms. The van der Waals surface area contributed by atoms with Gasteiger partial charge in [0.25, 0.3) is 0 Å². The Labute approximate surface area is 82.7 Å². The third kappa shape index (κ3) is 2.05. The van der Waals surface area contributed by atoms with Gasteiger partial charge in [-0.2, -0.15) is 0 Å². The number of carbonyl (C=O) groups excluding carboxylic acids is 1. The van der Waals surface area contributed by atoms with E-state index in [2.05, 4.69) is 6.08 Å². The summed E-state index contributed by atoms with van der Waals surface area (Å²) >= 11 is 0. The van der Waals surface area contributed by atoms with Gasteiger partial charge < -0.3 is 9.47 Å². The monoisotopic (exact) mass is 192 g/mol. The van der Waals surface area contributed by atoms with E-state index >= 15 is 0 Å². The minimum atomic E-state index is -0.271. The van der Waals surface area contributed by atoms with Crippen LogP contribution in [0, 0.1) is 0 Å². The van der Waals surface area contributed by atoms with E-state index in [4.69, 9.17) is 9.47 Å². The van der Waals surface area contributed by atoms with Crippen LogP contribution in [0.4, 0.5) is 0 Å². The topological polar surface area (TPSA) is 35.5 Å². The molecule has 2 aliphatic rings. The molecule has 0 saturated carbocycles. The lowest BCUT2D eigenvalue weighted by Crippen LogP contribution is -2.14. The van der Waals surface area contributed by atoms with Gasteiger partial charge in [-0.1, -0.05) is 12.2 Å². The van der Waals surface area contributed by atoms with E-state index < -0.39 is 0 Å². The zero-order valence-electron chi connectivity index (χ0n) is 7.81. The first kappa shape index (κ1) is 9.06. The zero-order chi connectivity index (χ0) is 9.80. The molecule has 0 aromatic carbocycles. The van der Waals surface area contributed by atoms with Crippen LogP contribution in [0.1, 0.15) is 12.8 Å². The third-order valence-electron chi connectivity index (χ3n) is 2.24. The summed E-state index contributed by atoms with van der Waals surface area (Å²) in [4.78, 5) is 11.0. The Kier molecular flexibility index (Phi) is 2.68. The predicted octanol–water partition coefficient (Wildman–Crippen LogP) is 1.72. The van der Waals surface area contributed by atoms with E-state index in [9.17, 15) is 4.79 Å². The van der Waals surface area contributed by atoms with Gasteiger partial charge in [-0.25, -0.2) is 4.79 Å². The molecule has 2 heterocycles. The number of cyclic esters (lactones) is 1. The lowest BCUT2D eigenvalue weighted by atomic mass is 10.1. The number of fused-ring (bicyclic) bond motifs is 1.